The fourth-order valence-corrected chi connectivity index (χ4v) is 2.73. The van der Waals surface area contributed by atoms with Crippen molar-refractivity contribution in [3.8, 4) is 5.06 Å². The molecule has 1 atom stereocenters. The highest BCUT2D eigenvalue weighted by molar-refractivity contribution is 7.14. The van der Waals surface area contributed by atoms with Gasteiger partial charge in [0.1, 0.15) is 0 Å². The van der Waals surface area contributed by atoms with Gasteiger partial charge < -0.3 is 14.8 Å². The highest BCUT2D eigenvalue weighted by atomic mass is 32.1. The topological polar surface area (TPSA) is 30.5 Å². The number of likely N-dealkylation sites (N-methyl/N-ethyl adjacent to an activating group) is 1. The van der Waals surface area contributed by atoms with Crippen LogP contribution in [0.4, 0.5) is 0 Å². The summed E-state index contributed by atoms with van der Waals surface area (Å²) >= 11 is 1.73. The Bertz CT molecular complexity index is 311. The van der Waals surface area contributed by atoms with Crippen LogP contribution in [-0.2, 0) is 11.2 Å². The molecule has 0 radical (unpaired) electrons. The number of hydrogen-bond acceptors (Lipinski definition) is 4. The van der Waals surface area contributed by atoms with E-state index in [9.17, 15) is 0 Å². The van der Waals surface area contributed by atoms with E-state index in [4.69, 9.17) is 9.47 Å². The van der Waals surface area contributed by atoms with Crippen LogP contribution in [-0.4, -0.2) is 27.3 Å². The van der Waals surface area contributed by atoms with Crippen LogP contribution in [0.3, 0.4) is 0 Å². The molecule has 1 aromatic rings. The number of fused-ring (bicyclic) bond motifs is 1. The molecular weight excluding hydrogens is 198 g/mol. The van der Waals surface area contributed by atoms with Crippen LogP contribution in [0.5, 0.6) is 5.06 Å². The van der Waals surface area contributed by atoms with E-state index in [0.717, 1.165) is 24.6 Å². The summed E-state index contributed by atoms with van der Waals surface area (Å²) < 4.78 is 10.9. The first-order valence-corrected chi connectivity index (χ1v) is 5.59. The van der Waals surface area contributed by atoms with Crippen LogP contribution in [0.25, 0.3) is 0 Å². The zero-order valence-electron chi connectivity index (χ0n) is 8.50. The van der Waals surface area contributed by atoms with E-state index in [1.807, 2.05) is 7.05 Å². The normalized spacial score (nSPS) is 20.6. The number of rotatable bonds is 3. The lowest BCUT2D eigenvalue weighted by atomic mass is 10.1. The van der Waals surface area contributed by atoms with Gasteiger partial charge in [-0.15, -0.1) is 11.3 Å². The van der Waals surface area contributed by atoms with Crippen molar-refractivity contribution >= 4 is 11.3 Å². The van der Waals surface area contributed by atoms with Gasteiger partial charge >= 0.3 is 0 Å². The molecule has 0 aromatic carbocycles. The van der Waals surface area contributed by atoms with Gasteiger partial charge in [0, 0.05) is 17.8 Å². The van der Waals surface area contributed by atoms with E-state index in [1.165, 1.54) is 10.4 Å². The average molecular weight is 213 g/mol. The van der Waals surface area contributed by atoms with Crippen molar-refractivity contribution in [2.75, 3.05) is 27.3 Å². The van der Waals surface area contributed by atoms with Crippen LogP contribution < -0.4 is 10.1 Å². The van der Waals surface area contributed by atoms with Crippen LogP contribution in [0.1, 0.15) is 16.5 Å². The monoisotopic (exact) mass is 213 g/mol. The Kier molecular flexibility index (Phi) is 3.05. The number of nitrogens with one attached hydrogen (secondary N) is 1. The summed E-state index contributed by atoms with van der Waals surface area (Å²) in [6.45, 7) is 1.69. The zero-order chi connectivity index (χ0) is 9.97. The molecule has 14 heavy (non-hydrogen) atoms. The van der Waals surface area contributed by atoms with Crippen LogP contribution in [0.2, 0.25) is 0 Å². The summed E-state index contributed by atoms with van der Waals surface area (Å²) in [4.78, 5) is 1.41. The molecule has 4 heteroatoms. The van der Waals surface area contributed by atoms with Gasteiger partial charge in [-0.25, -0.2) is 0 Å². The van der Waals surface area contributed by atoms with Crippen LogP contribution >= 0.6 is 11.3 Å². The maximum absolute atomic E-state index is 5.69. The minimum absolute atomic E-state index is 0.198. The van der Waals surface area contributed by atoms with E-state index in [0.29, 0.717) is 0 Å². The Labute approximate surface area is 88.0 Å². The second-order valence-electron chi connectivity index (χ2n) is 3.32. The van der Waals surface area contributed by atoms with E-state index in [1.54, 1.807) is 18.4 Å². The van der Waals surface area contributed by atoms with Gasteiger partial charge in [-0.3, -0.25) is 0 Å². The van der Waals surface area contributed by atoms with E-state index in [2.05, 4.69) is 11.4 Å². The van der Waals surface area contributed by atoms with E-state index >= 15 is 0 Å². The van der Waals surface area contributed by atoms with Crippen molar-refractivity contribution in [3.63, 3.8) is 0 Å². The average Bonchev–Trinajstić information content (AvgIpc) is 2.62. The molecule has 0 saturated carbocycles. The standard InChI is InChI=1S/C10H15NO2S/c1-11-6-8-7-5-10(12-2)14-9(7)3-4-13-8/h5,8,11H,3-4,6H2,1-2H3. The van der Waals surface area contributed by atoms with Gasteiger partial charge in [0.25, 0.3) is 0 Å². The maximum atomic E-state index is 5.69. The number of thiophene rings is 1. The molecule has 0 fully saturated rings. The number of methoxy groups -OCH3 is 1. The smallest absolute Gasteiger partial charge is 0.173 e. The van der Waals surface area contributed by atoms with Crippen molar-refractivity contribution in [2.24, 2.45) is 0 Å². The lowest BCUT2D eigenvalue weighted by Crippen LogP contribution is -2.24. The highest BCUT2D eigenvalue weighted by Crippen LogP contribution is 2.37. The quantitative estimate of drug-likeness (QED) is 0.827. The van der Waals surface area contributed by atoms with Crippen molar-refractivity contribution in [1.29, 1.82) is 0 Å². The molecule has 0 aliphatic carbocycles. The largest absolute Gasteiger partial charge is 0.487 e. The number of ether oxygens (including phenoxy) is 2. The van der Waals surface area contributed by atoms with Crippen LogP contribution in [0, 0.1) is 0 Å². The Morgan fingerprint density at radius 2 is 2.57 bits per heavy atom. The molecule has 0 saturated heterocycles. The van der Waals surface area contributed by atoms with Gasteiger partial charge in [0.2, 0.25) is 0 Å². The van der Waals surface area contributed by atoms with Gasteiger partial charge in [-0.05, 0) is 18.7 Å². The summed E-state index contributed by atoms with van der Waals surface area (Å²) in [6, 6.07) is 2.10. The van der Waals surface area contributed by atoms with Crippen molar-refractivity contribution in [2.45, 2.75) is 12.5 Å². The molecule has 2 rings (SSSR count). The first-order chi connectivity index (χ1) is 6.85. The Hall–Kier alpha value is -0.580. The minimum Gasteiger partial charge on any atom is -0.487 e. The second kappa shape index (κ2) is 4.29. The molecule has 1 unspecified atom stereocenters. The third-order valence-electron chi connectivity index (χ3n) is 2.40. The maximum Gasteiger partial charge on any atom is 0.173 e. The van der Waals surface area contributed by atoms with Crippen molar-refractivity contribution in [3.05, 3.63) is 16.5 Å². The predicted molar refractivity (Wildman–Crippen MR) is 57.2 cm³/mol. The second-order valence-corrected chi connectivity index (χ2v) is 4.41. The summed E-state index contributed by atoms with van der Waals surface area (Å²) in [6.07, 6.45) is 1.22. The molecule has 1 aliphatic heterocycles. The lowest BCUT2D eigenvalue weighted by Gasteiger charge is -2.22. The van der Waals surface area contributed by atoms with E-state index < -0.39 is 0 Å². The molecule has 1 N–H and O–H groups in total. The van der Waals surface area contributed by atoms with Gasteiger partial charge in [-0.2, -0.15) is 0 Å². The first kappa shape index (κ1) is 9.96. The minimum atomic E-state index is 0.198. The summed E-state index contributed by atoms with van der Waals surface area (Å²) in [7, 11) is 3.66. The summed E-state index contributed by atoms with van der Waals surface area (Å²) in [5.41, 5.74) is 1.30. The van der Waals surface area contributed by atoms with Crippen molar-refractivity contribution < 1.29 is 9.47 Å². The fraction of sp³-hybridized carbons (Fsp3) is 0.600. The Morgan fingerprint density at radius 3 is 3.29 bits per heavy atom. The van der Waals surface area contributed by atoms with E-state index in [-0.39, 0.29) is 6.10 Å². The van der Waals surface area contributed by atoms with Gasteiger partial charge in [-0.1, -0.05) is 0 Å². The third-order valence-corrected chi connectivity index (χ3v) is 3.58. The lowest BCUT2D eigenvalue weighted by molar-refractivity contribution is 0.0450. The first-order valence-electron chi connectivity index (χ1n) is 4.78. The van der Waals surface area contributed by atoms with Crippen molar-refractivity contribution in [1.82, 2.24) is 5.32 Å². The summed E-state index contributed by atoms with van der Waals surface area (Å²) in [5, 5.41) is 4.13. The molecule has 0 spiro atoms. The predicted octanol–water partition coefficient (Wildman–Crippen LogP) is 1.59. The molecule has 1 aliphatic rings. The van der Waals surface area contributed by atoms with Crippen LogP contribution in [0.15, 0.2) is 6.07 Å². The third kappa shape index (κ3) is 1.78. The SMILES string of the molecule is CNCC1OCCc2sc(OC)cc21. The van der Waals surface area contributed by atoms with Gasteiger partial charge in [0.05, 0.1) is 19.8 Å². The highest BCUT2D eigenvalue weighted by Gasteiger charge is 2.23. The number of hydrogen-bond donors (Lipinski definition) is 1. The molecule has 2 heterocycles. The molecule has 0 amide bonds. The molecule has 3 nitrogen and oxygen atoms in total. The summed E-state index contributed by atoms with van der Waals surface area (Å²) in [5.74, 6) is 0. The molecule has 78 valence electrons. The molecule has 0 bridgehead atoms. The fourth-order valence-electron chi connectivity index (χ4n) is 1.72. The molecule has 1 aromatic heterocycles. The Balaban J connectivity index is 2.24. The molecular formula is C10H15NO2S. The Morgan fingerprint density at radius 1 is 1.71 bits per heavy atom. The zero-order valence-corrected chi connectivity index (χ0v) is 9.32. The van der Waals surface area contributed by atoms with Gasteiger partial charge in [0.15, 0.2) is 5.06 Å².